The molecule has 1 N–H and O–H groups in total. The number of nitrogens with zero attached hydrogens (tertiary/aromatic N) is 2. The van der Waals surface area contributed by atoms with Crippen molar-refractivity contribution in [1.29, 1.82) is 0 Å². The normalized spacial score (nSPS) is 10.8. The van der Waals surface area contributed by atoms with Gasteiger partial charge in [0.2, 0.25) is 0 Å². The molecule has 2 aromatic carbocycles. The number of ether oxygens (including phenoxy) is 1. The molecule has 0 bridgehead atoms. The van der Waals surface area contributed by atoms with Crippen molar-refractivity contribution in [2.24, 2.45) is 0 Å². The summed E-state index contributed by atoms with van der Waals surface area (Å²) in [7, 11) is 0. The fourth-order valence-electron chi connectivity index (χ4n) is 2.19. The van der Waals surface area contributed by atoms with Crippen LogP contribution in [0, 0.1) is 5.82 Å². The number of carbonyl (C=O) groups excluding carboxylic acids is 1. The maximum absolute atomic E-state index is 13.1. The van der Waals surface area contributed by atoms with Gasteiger partial charge in [0.25, 0.3) is 11.8 Å². The maximum Gasteiger partial charge on any atom is 0.262 e. The second kappa shape index (κ2) is 7.77. The molecule has 1 aromatic heterocycles. The van der Waals surface area contributed by atoms with Gasteiger partial charge in [-0.2, -0.15) is 4.98 Å². The molecular formula is C19H18FN3O3. The second-order valence-electron chi connectivity index (χ2n) is 5.98. The van der Waals surface area contributed by atoms with Crippen LogP contribution in [0.4, 0.5) is 10.1 Å². The number of nitrogens with one attached hydrogen (secondary N) is 1. The molecule has 0 radical (unpaired) electrons. The van der Waals surface area contributed by atoms with Crippen LogP contribution in [0.3, 0.4) is 0 Å². The molecule has 0 aliphatic rings. The molecule has 26 heavy (non-hydrogen) atoms. The molecule has 1 amide bonds. The van der Waals surface area contributed by atoms with Crippen molar-refractivity contribution >= 4 is 11.6 Å². The van der Waals surface area contributed by atoms with Crippen LogP contribution in [-0.2, 0) is 4.79 Å². The molecule has 0 aliphatic heterocycles. The zero-order chi connectivity index (χ0) is 18.5. The van der Waals surface area contributed by atoms with E-state index in [9.17, 15) is 9.18 Å². The van der Waals surface area contributed by atoms with Crippen molar-refractivity contribution < 1.29 is 18.4 Å². The predicted molar refractivity (Wildman–Crippen MR) is 94.3 cm³/mol. The van der Waals surface area contributed by atoms with E-state index in [1.54, 1.807) is 30.3 Å². The number of amides is 1. The zero-order valence-electron chi connectivity index (χ0n) is 14.4. The molecule has 6 nitrogen and oxygen atoms in total. The van der Waals surface area contributed by atoms with Crippen molar-refractivity contribution in [2.75, 3.05) is 11.9 Å². The molecule has 0 saturated carbocycles. The molecular weight excluding hydrogens is 337 g/mol. The Morgan fingerprint density at radius 3 is 2.65 bits per heavy atom. The molecule has 3 rings (SSSR count). The summed E-state index contributed by atoms with van der Waals surface area (Å²) >= 11 is 0. The highest BCUT2D eigenvalue weighted by Crippen LogP contribution is 2.22. The summed E-state index contributed by atoms with van der Waals surface area (Å²) < 4.78 is 23.8. The van der Waals surface area contributed by atoms with Crippen LogP contribution in [0.2, 0.25) is 0 Å². The average molecular weight is 355 g/mol. The number of halogens is 1. The Morgan fingerprint density at radius 2 is 2.00 bits per heavy atom. The Morgan fingerprint density at radius 1 is 1.23 bits per heavy atom. The third-order valence-electron chi connectivity index (χ3n) is 3.54. The number of hydrogen-bond donors (Lipinski definition) is 1. The number of benzene rings is 2. The van der Waals surface area contributed by atoms with Crippen LogP contribution in [0.1, 0.15) is 25.6 Å². The summed E-state index contributed by atoms with van der Waals surface area (Å²) in [6, 6.07) is 12.6. The van der Waals surface area contributed by atoms with Crippen molar-refractivity contribution in [1.82, 2.24) is 10.1 Å². The fourth-order valence-corrected chi connectivity index (χ4v) is 2.19. The van der Waals surface area contributed by atoms with E-state index < -0.39 is 5.82 Å². The minimum Gasteiger partial charge on any atom is -0.484 e. The van der Waals surface area contributed by atoms with Crippen molar-refractivity contribution in [3.05, 3.63) is 60.2 Å². The molecule has 0 unspecified atom stereocenters. The number of carbonyl (C=O) groups is 1. The lowest BCUT2D eigenvalue weighted by Gasteiger charge is -2.08. The maximum atomic E-state index is 13.1. The largest absolute Gasteiger partial charge is 0.484 e. The molecule has 0 fully saturated rings. The Balaban J connectivity index is 1.56. The number of rotatable bonds is 6. The Kier molecular flexibility index (Phi) is 5.26. The van der Waals surface area contributed by atoms with E-state index in [-0.39, 0.29) is 18.4 Å². The lowest BCUT2D eigenvalue weighted by molar-refractivity contribution is -0.118. The van der Waals surface area contributed by atoms with E-state index in [1.807, 2.05) is 13.8 Å². The van der Waals surface area contributed by atoms with Crippen molar-refractivity contribution in [3.63, 3.8) is 0 Å². The van der Waals surface area contributed by atoms with Crippen LogP contribution < -0.4 is 10.1 Å². The van der Waals surface area contributed by atoms with Gasteiger partial charge in [-0.1, -0.05) is 25.1 Å². The van der Waals surface area contributed by atoms with E-state index in [0.29, 0.717) is 23.2 Å². The number of anilines is 1. The monoisotopic (exact) mass is 355 g/mol. The molecule has 1 heterocycles. The highest BCUT2D eigenvalue weighted by atomic mass is 19.1. The zero-order valence-corrected chi connectivity index (χ0v) is 14.4. The molecule has 0 atom stereocenters. The number of aromatic nitrogens is 2. The highest BCUT2D eigenvalue weighted by molar-refractivity contribution is 5.91. The van der Waals surface area contributed by atoms with Gasteiger partial charge < -0.3 is 14.6 Å². The lowest BCUT2D eigenvalue weighted by Crippen LogP contribution is -2.20. The summed E-state index contributed by atoms with van der Waals surface area (Å²) in [5.74, 6) is 0.996. The Labute approximate surface area is 150 Å². The number of hydrogen-bond acceptors (Lipinski definition) is 5. The SMILES string of the molecule is CC(C)c1noc(-c2ccc(OCC(=O)Nc3cccc(F)c3)cc2)n1. The first kappa shape index (κ1) is 17.6. The van der Waals surface area contributed by atoms with E-state index in [4.69, 9.17) is 9.26 Å². The predicted octanol–water partition coefficient (Wildman–Crippen LogP) is 4.02. The summed E-state index contributed by atoms with van der Waals surface area (Å²) in [4.78, 5) is 16.2. The van der Waals surface area contributed by atoms with Crippen LogP contribution in [0.15, 0.2) is 53.1 Å². The molecule has 0 saturated heterocycles. The summed E-state index contributed by atoms with van der Waals surface area (Å²) in [6.07, 6.45) is 0. The summed E-state index contributed by atoms with van der Waals surface area (Å²) in [5, 5.41) is 6.49. The third kappa shape index (κ3) is 4.44. The van der Waals surface area contributed by atoms with Gasteiger partial charge >= 0.3 is 0 Å². The summed E-state index contributed by atoms with van der Waals surface area (Å²) in [6.45, 7) is 3.79. The van der Waals surface area contributed by atoms with Gasteiger partial charge in [-0.05, 0) is 42.5 Å². The van der Waals surface area contributed by atoms with Gasteiger partial charge in [0.1, 0.15) is 11.6 Å². The van der Waals surface area contributed by atoms with Gasteiger partial charge in [-0.3, -0.25) is 4.79 Å². The molecule has 134 valence electrons. The van der Waals surface area contributed by atoms with E-state index in [1.165, 1.54) is 18.2 Å². The second-order valence-corrected chi connectivity index (χ2v) is 5.98. The van der Waals surface area contributed by atoms with Crippen molar-refractivity contribution in [2.45, 2.75) is 19.8 Å². The average Bonchev–Trinajstić information content (AvgIpc) is 3.11. The fraction of sp³-hybridized carbons (Fsp3) is 0.211. The van der Waals surface area contributed by atoms with Gasteiger partial charge in [0.05, 0.1) is 0 Å². The first-order valence-corrected chi connectivity index (χ1v) is 8.13. The van der Waals surface area contributed by atoms with Crippen LogP contribution in [-0.4, -0.2) is 22.7 Å². The third-order valence-corrected chi connectivity index (χ3v) is 3.54. The first-order chi connectivity index (χ1) is 12.5. The quantitative estimate of drug-likeness (QED) is 0.723. The standard InChI is InChI=1S/C19H18FN3O3/c1-12(2)18-22-19(26-23-18)13-6-8-16(9-7-13)25-11-17(24)21-15-5-3-4-14(20)10-15/h3-10,12H,11H2,1-2H3,(H,21,24). The molecule has 7 heteroatoms. The minimum absolute atomic E-state index is 0.187. The van der Waals surface area contributed by atoms with E-state index >= 15 is 0 Å². The topological polar surface area (TPSA) is 77.2 Å². The van der Waals surface area contributed by atoms with Gasteiger partial charge in [-0.25, -0.2) is 4.39 Å². The van der Waals surface area contributed by atoms with Crippen LogP contribution in [0.25, 0.3) is 11.5 Å². The smallest absolute Gasteiger partial charge is 0.262 e. The lowest BCUT2D eigenvalue weighted by atomic mass is 10.2. The van der Waals surface area contributed by atoms with Gasteiger partial charge in [-0.15, -0.1) is 0 Å². The minimum atomic E-state index is -0.416. The van der Waals surface area contributed by atoms with Crippen molar-refractivity contribution in [3.8, 4) is 17.2 Å². The molecule has 0 spiro atoms. The molecule has 0 aliphatic carbocycles. The van der Waals surface area contributed by atoms with Gasteiger partial charge in [0.15, 0.2) is 12.4 Å². The van der Waals surface area contributed by atoms with Crippen LogP contribution >= 0.6 is 0 Å². The van der Waals surface area contributed by atoms with Crippen LogP contribution in [0.5, 0.6) is 5.75 Å². The van der Waals surface area contributed by atoms with E-state index in [2.05, 4.69) is 15.5 Å². The first-order valence-electron chi connectivity index (χ1n) is 8.13. The molecule has 3 aromatic rings. The highest BCUT2D eigenvalue weighted by Gasteiger charge is 2.11. The van der Waals surface area contributed by atoms with E-state index in [0.717, 1.165) is 5.56 Å². The summed E-state index contributed by atoms with van der Waals surface area (Å²) in [5.41, 5.74) is 1.15. The van der Waals surface area contributed by atoms with Gasteiger partial charge in [0, 0.05) is 17.2 Å². The Hall–Kier alpha value is -3.22. The Bertz CT molecular complexity index is 891.